The van der Waals surface area contributed by atoms with E-state index in [1.807, 2.05) is 54.6 Å². The minimum absolute atomic E-state index is 0.00874. The van der Waals surface area contributed by atoms with Crippen LogP contribution in [0.3, 0.4) is 0 Å². The number of allylic oxidation sites excluding steroid dienone is 2. The molecule has 5 heteroatoms. The van der Waals surface area contributed by atoms with Gasteiger partial charge in [-0.15, -0.1) is 0 Å². The maximum Gasteiger partial charge on any atom is 0.107 e. The van der Waals surface area contributed by atoms with Crippen LogP contribution in [0.15, 0.2) is 59.2 Å². The number of aromatic amines is 3. The molecule has 0 saturated heterocycles. The van der Waals surface area contributed by atoms with Gasteiger partial charge in [-0.05, 0) is 54.6 Å². The smallest absolute Gasteiger partial charge is 0.107 e. The Kier molecular flexibility index (Phi) is 3.95. The summed E-state index contributed by atoms with van der Waals surface area (Å²) in [4.78, 5) is 13.8. The largest absolute Gasteiger partial charge is 0.390 e. The third-order valence-corrected chi connectivity index (χ3v) is 3.73. The number of aromatic nitrogens is 3. The van der Waals surface area contributed by atoms with Gasteiger partial charge in [-0.1, -0.05) is 11.5 Å². The molecule has 0 spiro atoms. The van der Waals surface area contributed by atoms with Crippen molar-refractivity contribution in [3.63, 3.8) is 0 Å². The van der Waals surface area contributed by atoms with Crippen LogP contribution >= 0.6 is 0 Å². The molecule has 4 N–H and O–H groups in total. The average molecular weight is 328 g/mol. The van der Waals surface area contributed by atoms with Gasteiger partial charge < -0.3 is 20.1 Å². The molecule has 0 unspecified atom stereocenters. The Balaban J connectivity index is 1.76. The van der Waals surface area contributed by atoms with E-state index in [2.05, 4.69) is 31.4 Å². The molecule has 122 valence electrons. The van der Waals surface area contributed by atoms with Gasteiger partial charge in [0.1, 0.15) is 5.70 Å². The van der Waals surface area contributed by atoms with Crippen LogP contribution in [0.25, 0.3) is 17.5 Å². The zero-order valence-electron chi connectivity index (χ0n) is 13.4. The molecule has 4 heterocycles. The molecule has 0 fully saturated rings. The molecule has 3 aromatic rings. The quantitative estimate of drug-likeness (QED) is 0.510. The van der Waals surface area contributed by atoms with Gasteiger partial charge in [0, 0.05) is 23.0 Å². The fourth-order valence-corrected chi connectivity index (χ4v) is 2.57. The van der Waals surface area contributed by atoms with Crippen molar-refractivity contribution >= 4 is 23.8 Å². The number of H-pyrrole nitrogens is 3. The van der Waals surface area contributed by atoms with Crippen LogP contribution in [0.5, 0.6) is 0 Å². The number of aliphatic hydroxyl groups excluding tert-OH is 1. The predicted molar refractivity (Wildman–Crippen MR) is 97.4 cm³/mol. The summed E-state index contributed by atoms with van der Waals surface area (Å²) >= 11 is 0. The van der Waals surface area contributed by atoms with E-state index in [-0.39, 0.29) is 6.61 Å². The molecule has 0 atom stereocenters. The lowest BCUT2D eigenvalue weighted by molar-refractivity contribution is 0.277. The lowest BCUT2D eigenvalue weighted by atomic mass is 10.4. The van der Waals surface area contributed by atoms with Gasteiger partial charge in [0.15, 0.2) is 0 Å². The van der Waals surface area contributed by atoms with Crippen molar-refractivity contribution in [1.82, 2.24) is 15.0 Å². The van der Waals surface area contributed by atoms with E-state index in [0.29, 0.717) is 0 Å². The van der Waals surface area contributed by atoms with Crippen molar-refractivity contribution in [3.8, 4) is 0 Å². The number of hydrogen-bond acceptors (Lipinski definition) is 2. The van der Waals surface area contributed by atoms with Gasteiger partial charge in [-0.3, -0.25) is 0 Å². The second-order valence-corrected chi connectivity index (χ2v) is 5.63. The van der Waals surface area contributed by atoms with Gasteiger partial charge in [0.2, 0.25) is 0 Å². The highest BCUT2D eigenvalue weighted by molar-refractivity contribution is 5.78. The van der Waals surface area contributed by atoms with Crippen molar-refractivity contribution in [1.29, 1.82) is 0 Å². The van der Waals surface area contributed by atoms with Gasteiger partial charge in [-0.2, -0.15) is 0 Å². The SMILES string of the molecule is OCc1ccc(C=c2ccc(=C=c3ccc(=C=C4C=CC=N4)[nH]3)[nH]2)[nH]1. The standard InChI is InChI=1S/C20H16N4O/c25-13-20-8-7-19(24-20)12-18-6-5-17(23-18)11-16-4-3-15(22-16)10-14-2-1-9-21-14/h1-9,12,22-25H,13H2. The summed E-state index contributed by atoms with van der Waals surface area (Å²) in [5.74, 6) is 0. The van der Waals surface area contributed by atoms with Crippen LogP contribution in [0, 0.1) is 0 Å². The van der Waals surface area contributed by atoms with Crippen molar-refractivity contribution in [2.45, 2.75) is 6.61 Å². The first kappa shape index (κ1) is 15.1. The van der Waals surface area contributed by atoms with E-state index in [0.717, 1.165) is 38.5 Å². The number of rotatable bonds is 2. The van der Waals surface area contributed by atoms with Gasteiger partial charge in [0.05, 0.1) is 22.7 Å². The molecule has 1 aliphatic heterocycles. The van der Waals surface area contributed by atoms with E-state index < -0.39 is 0 Å². The molecule has 3 aromatic heterocycles. The summed E-state index contributed by atoms with van der Waals surface area (Å²) in [6, 6.07) is 11.6. The van der Waals surface area contributed by atoms with Gasteiger partial charge in [0.25, 0.3) is 0 Å². The van der Waals surface area contributed by atoms with Crippen LogP contribution in [0.2, 0.25) is 0 Å². The Labute approximate surface area is 143 Å². The summed E-state index contributed by atoms with van der Waals surface area (Å²) in [7, 11) is 0. The maximum atomic E-state index is 9.09. The second kappa shape index (κ2) is 6.56. The molecule has 0 aromatic carbocycles. The van der Waals surface area contributed by atoms with Crippen LogP contribution in [0.1, 0.15) is 11.4 Å². The molecule has 5 nitrogen and oxygen atoms in total. The summed E-state index contributed by atoms with van der Waals surface area (Å²) in [5.41, 5.74) is 9.01. The number of hydrogen-bond donors (Lipinski definition) is 4. The molecule has 1 aliphatic rings. The molecular formula is C20H16N4O. The minimum atomic E-state index is 0.00874. The normalized spacial score (nSPS) is 13.5. The van der Waals surface area contributed by atoms with E-state index in [1.165, 1.54) is 0 Å². The predicted octanol–water partition coefficient (Wildman–Crippen LogP) is -0.353. The van der Waals surface area contributed by atoms with Gasteiger partial charge >= 0.3 is 0 Å². The van der Waals surface area contributed by atoms with Crippen LogP contribution in [-0.4, -0.2) is 26.3 Å². The van der Waals surface area contributed by atoms with E-state index >= 15 is 0 Å². The maximum absolute atomic E-state index is 9.09. The molecule has 25 heavy (non-hydrogen) atoms. The number of nitrogens with zero attached hydrogens (tertiary/aromatic N) is 1. The van der Waals surface area contributed by atoms with E-state index in [1.54, 1.807) is 6.21 Å². The topological polar surface area (TPSA) is 80.0 Å². The third-order valence-electron chi connectivity index (χ3n) is 3.73. The van der Waals surface area contributed by atoms with Crippen LogP contribution in [0.4, 0.5) is 0 Å². The van der Waals surface area contributed by atoms with Crippen molar-refractivity contribution in [3.05, 3.63) is 87.0 Å². The van der Waals surface area contributed by atoms with Crippen LogP contribution < -0.4 is 21.4 Å². The monoisotopic (exact) mass is 328 g/mol. The number of nitrogens with one attached hydrogen (secondary N) is 3. The molecule has 0 aliphatic carbocycles. The lowest BCUT2D eigenvalue weighted by Gasteiger charge is -1.87. The molecule has 0 saturated carbocycles. The fourth-order valence-electron chi connectivity index (χ4n) is 2.57. The zero-order chi connectivity index (χ0) is 17.1. The van der Waals surface area contributed by atoms with Crippen molar-refractivity contribution < 1.29 is 5.11 Å². The van der Waals surface area contributed by atoms with E-state index in [4.69, 9.17) is 5.11 Å². The Hall–Kier alpha value is -3.49. The van der Waals surface area contributed by atoms with Crippen molar-refractivity contribution in [2.75, 3.05) is 0 Å². The summed E-state index contributed by atoms with van der Waals surface area (Å²) < 4.78 is 0. The molecule has 0 radical (unpaired) electrons. The Morgan fingerprint density at radius 2 is 1.72 bits per heavy atom. The lowest BCUT2D eigenvalue weighted by Crippen LogP contribution is -2.13. The molecular weight excluding hydrogens is 312 g/mol. The number of aliphatic hydroxyl groups is 1. The van der Waals surface area contributed by atoms with E-state index in [9.17, 15) is 0 Å². The summed E-state index contributed by atoms with van der Waals surface area (Å²) in [6.07, 6.45) is 7.51. The minimum Gasteiger partial charge on any atom is -0.390 e. The van der Waals surface area contributed by atoms with Crippen molar-refractivity contribution in [2.24, 2.45) is 4.99 Å². The first-order chi connectivity index (χ1) is 12.3. The molecule has 4 rings (SSSR count). The van der Waals surface area contributed by atoms with Gasteiger partial charge in [-0.25, -0.2) is 4.99 Å². The highest BCUT2D eigenvalue weighted by Gasteiger charge is 1.94. The molecule has 0 amide bonds. The zero-order valence-corrected chi connectivity index (χ0v) is 13.4. The fraction of sp³-hybridized carbons (Fsp3) is 0.0500. The first-order valence-corrected chi connectivity index (χ1v) is 7.92. The molecule has 0 bridgehead atoms. The Bertz CT molecular complexity index is 1240. The summed E-state index contributed by atoms with van der Waals surface area (Å²) in [5, 5.41) is 12.7. The third kappa shape index (κ3) is 3.55. The average Bonchev–Trinajstić information content (AvgIpc) is 3.38. The second-order valence-electron chi connectivity index (χ2n) is 5.63. The Morgan fingerprint density at radius 1 is 0.920 bits per heavy atom. The highest BCUT2D eigenvalue weighted by atomic mass is 16.3. The first-order valence-electron chi connectivity index (χ1n) is 7.92. The highest BCUT2D eigenvalue weighted by Crippen LogP contribution is 2.01. The van der Waals surface area contributed by atoms with Crippen LogP contribution in [-0.2, 0) is 6.61 Å². The Morgan fingerprint density at radius 3 is 2.48 bits per heavy atom. The summed E-state index contributed by atoms with van der Waals surface area (Å²) in [6.45, 7) is 0.00874. The number of aliphatic imine (C=N–C) groups is 1.